The molecule has 1 aromatic rings. The van der Waals surface area contributed by atoms with Crippen LogP contribution in [0.15, 0.2) is 6.20 Å². The minimum absolute atomic E-state index is 0.0285. The van der Waals surface area contributed by atoms with Crippen molar-refractivity contribution in [2.75, 3.05) is 25.5 Å². The van der Waals surface area contributed by atoms with Crippen molar-refractivity contribution in [2.45, 2.75) is 76.9 Å². The normalized spacial score (nSPS) is 24.4. The molecule has 3 rings (SSSR count). The average molecular weight is 437 g/mol. The van der Waals surface area contributed by atoms with Gasteiger partial charge in [-0.25, -0.2) is 19.2 Å². The van der Waals surface area contributed by atoms with Crippen LogP contribution in [-0.4, -0.2) is 58.8 Å². The van der Waals surface area contributed by atoms with Gasteiger partial charge in [-0.15, -0.1) is 0 Å². The van der Waals surface area contributed by atoms with Gasteiger partial charge in [0.1, 0.15) is 5.60 Å². The second kappa shape index (κ2) is 9.78. The molecule has 2 fully saturated rings. The Hall–Kier alpha value is -2.45. The quantitative estimate of drug-likeness (QED) is 0.716. The van der Waals surface area contributed by atoms with Crippen LogP contribution in [0.1, 0.15) is 70.9 Å². The fourth-order valence-electron chi connectivity index (χ4n) is 4.31. The van der Waals surface area contributed by atoms with Crippen LogP contribution in [0.3, 0.4) is 0 Å². The monoisotopic (exact) mass is 436 g/mol. The van der Waals surface area contributed by atoms with Gasteiger partial charge in [0.15, 0.2) is 5.82 Å². The molecule has 9 heteroatoms. The highest BCUT2D eigenvalue weighted by molar-refractivity contribution is 5.72. The third kappa shape index (κ3) is 6.27. The summed E-state index contributed by atoms with van der Waals surface area (Å²) in [6.45, 7) is 6.41. The van der Waals surface area contributed by atoms with Crippen LogP contribution >= 0.6 is 0 Å². The molecule has 0 spiro atoms. The summed E-state index contributed by atoms with van der Waals surface area (Å²) in [6.07, 6.45) is 5.51. The fourth-order valence-corrected chi connectivity index (χ4v) is 4.31. The van der Waals surface area contributed by atoms with Crippen LogP contribution in [0.25, 0.3) is 0 Å². The number of rotatable bonds is 4. The zero-order valence-corrected chi connectivity index (χ0v) is 18.8. The second-order valence-electron chi connectivity index (χ2n) is 9.42. The maximum atomic E-state index is 14.6. The number of aromatic nitrogens is 2. The number of carbonyl (C=O) groups is 2. The molecule has 1 aromatic heterocycles. The van der Waals surface area contributed by atoms with E-state index in [0.717, 1.165) is 32.1 Å². The number of nitrogens with zero attached hydrogens (tertiary/aromatic N) is 3. The number of esters is 1. The molecule has 2 aliphatic rings. The number of piperidine rings is 1. The van der Waals surface area contributed by atoms with Crippen LogP contribution in [0.2, 0.25) is 0 Å². The molecule has 1 saturated carbocycles. The minimum atomic E-state index is -0.580. The molecule has 1 aliphatic heterocycles. The van der Waals surface area contributed by atoms with Crippen molar-refractivity contribution in [3.05, 3.63) is 17.7 Å². The summed E-state index contributed by atoms with van der Waals surface area (Å²) in [5, 5.41) is 3.26. The van der Waals surface area contributed by atoms with E-state index in [1.807, 2.05) is 20.8 Å². The first-order valence-electron chi connectivity index (χ1n) is 11.0. The van der Waals surface area contributed by atoms with Gasteiger partial charge in [0.25, 0.3) is 0 Å². The van der Waals surface area contributed by atoms with Gasteiger partial charge in [-0.2, -0.15) is 0 Å². The number of likely N-dealkylation sites (tertiary alicyclic amines) is 1. The molecule has 0 bridgehead atoms. The van der Waals surface area contributed by atoms with E-state index in [1.165, 1.54) is 13.3 Å². The maximum absolute atomic E-state index is 14.6. The average Bonchev–Trinajstić information content (AvgIpc) is 2.73. The number of amides is 1. The Labute approximate surface area is 182 Å². The van der Waals surface area contributed by atoms with Crippen molar-refractivity contribution >= 4 is 18.0 Å². The van der Waals surface area contributed by atoms with E-state index in [1.54, 1.807) is 4.90 Å². The zero-order valence-electron chi connectivity index (χ0n) is 18.8. The van der Waals surface area contributed by atoms with Crippen LogP contribution in [0.5, 0.6) is 0 Å². The van der Waals surface area contributed by atoms with E-state index < -0.39 is 11.4 Å². The maximum Gasteiger partial charge on any atom is 0.410 e. The first kappa shape index (κ1) is 23.2. The van der Waals surface area contributed by atoms with Gasteiger partial charge in [-0.3, -0.25) is 4.79 Å². The molecule has 1 amide bonds. The molecule has 3 atom stereocenters. The van der Waals surface area contributed by atoms with E-state index in [9.17, 15) is 14.0 Å². The van der Waals surface area contributed by atoms with Crippen molar-refractivity contribution in [3.8, 4) is 0 Å². The largest absolute Gasteiger partial charge is 0.469 e. The molecular weight excluding hydrogens is 403 g/mol. The zero-order chi connectivity index (χ0) is 22.6. The molecule has 0 aromatic carbocycles. The van der Waals surface area contributed by atoms with Gasteiger partial charge >= 0.3 is 12.1 Å². The Morgan fingerprint density at radius 1 is 1.23 bits per heavy atom. The smallest absolute Gasteiger partial charge is 0.410 e. The summed E-state index contributed by atoms with van der Waals surface area (Å²) in [5.74, 6) is -0.688. The van der Waals surface area contributed by atoms with Crippen molar-refractivity contribution in [1.82, 2.24) is 14.9 Å². The number of hydrogen-bond acceptors (Lipinski definition) is 7. The molecule has 31 heavy (non-hydrogen) atoms. The SMILES string of the molecule is COC(=O)[C@@H]1CCC[C@H](Nc2ncc(F)c(C3CCCN(C(=O)OC(C)(C)C)C3)n2)C1. The van der Waals surface area contributed by atoms with Crippen molar-refractivity contribution in [1.29, 1.82) is 0 Å². The number of carbonyl (C=O) groups excluding carboxylic acids is 2. The lowest BCUT2D eigenvalue weighted by molar-refractivity contribution is -0.146. The van der Waals surface area contributed by atoms with E-state index in [2.05, 4.69) is 15.3 Å². The Morgan fingerprint density at radius 2 is 2.00 bits per heavy atom. The van der Waals surface area contributed by atoms with Crippen LogP contribution in [0.4, 0.5) is 15.1 Å². The third-order valence-corrected chi connectivity index (χ3v) is 5.77. The lowest BCUT2D eigenvalue weighted by Crippen LogP contribution is -2.42. The fraction of sp³-hybridized carbons (Fsp3) is 0.727. The van der Waals surface area contributed by atoms with Crippen molar-refractivity contribution in [2.24, 2.45) is 5.92 Å². The number of nitrogens with one attached hydrogen (secondary N) is 1. The molecule has 0 radical (unpaired) electrons. The second-order valence-corrected chi connectivity index (χ2v) is 9.42. The number of halogens is 1. The standard InChI is InChI=1S/C22H33FN4O4/c1-22(2,3)31-21(29)27-10-6-8-15(13-27)18-17(23)12-24-20(26-18)25-16-9-5-7-14(11-16)19(28)30-4/h12,14-16H,5-11,13H2,1-4H3,(H,24,25,26)/t14-,15?,16+/m1/s1. The van der Waals surface area contributed by atoms with E-state index in [0.29, 0.717) is 31.2 Å². The highest BCUT2D eigenvalue weighted by Gasteiger charge is 2.32. The summed E-state index contributed by atoms with van der Waals surface area (Å²) >= 11 is 0. The van der Waals surface area contributed by atoms with Crippen LogP contribution in [-0.2, 0) is 14.3 Å². The van der Waals surface area contributed by atoms with Gasteiger partial charge in [-0.05, 0) is 52.9 Å². The topological polar surface area (TPSA) is 93.7 Å². The van der Waals surface area contributed by atoms with E-state index in [4.69, 9.17) is 9.47 Å². The Balaban J connectivity index is 1.68. The van der Waals surface area contributed by atoms with E-state index in [-0.39, 0.29) is 29.9 Å². The number of hydrogen-bond donors (Lipinski definition) is 1. The molecule has 1 aliphatic carbocycles. The first-order valence-corrected chi connectivity index (χ1v) is 11.0. The third-order valence-electron chi connectivity index (χ3n) is 5.77. The van der Waals surface area contributed by atoms with Crippen molar-refractivity contribution in [3.63, 3.8) is 0 Å². The van der Waals surface area contributed by atoms with Gasteiger partial charge < -0.3 is 19.7 Å². The molecule has 1 saturated heterocycles. The Bertz CT molecular complexity index is 798. The predicted molar refractivity (Wildman–Crippen MR) is 113 cm³/mol. The Kier molecular flexibility index (Phi) is 7.33. The summed E-state index contributed by atoms with van der Waals surface area (Å²) in [6, 6.07) is 0.0285. The summed E-state index contributed by atoms with van der Waals surface area (Å²) in [4.78, 5) is 34.5. The number of methoxy groups -OCH3 is 1. The van der Waals surface area contributed by atoms with Gasteiger partial charge in [0, 0.05) is 25.0 Å². The summed E-state index contributed by atoms with van der Waals surface area (Å²) < 4.78 is 24.9. The summed E-state index contributed by atoms with van der Waals surface area (Å²) in [7, 11) is 1.40. The molecule has 172 valence electrons. The minimum Gasteiger partial charge on any atom is -0.469 e. The molecule has 1 unspecified atom stereocenters. The highest BCUT2D eigenvalue weighted by Crippen LogP contribution is 2.30. The number of anilines is 1. The van der Waals surface area contributed by atoms with Gasteiger partial charge in [-0.1, -0.05) is 6.42 Å². The molecule has 2 heterocycles. The summed E-state index contributed by atoms with van der Waals surface area (Å²) in [5.41, 5.74) is -0.269. The van der Waals surface area contributed by atoms with Crippen LogP contribution in [0, 0.1) is 11.7 Å². The highest BCUT2D eigenvalue weighted by atomic mass is 19.1. The van der Waals surface area contributed by atoms with Crippen LogP contribution < -0.4 is 5.32 Å². The number of ether oxygens (including phenoxy) is 2. The lowest BCUT2D eigenvalue weighted by Gasteiger charge is -2.34. The molecular formula is C22H33FN4O4. The van der Waals surface area contributed by atoms with Gasteiger partial charge in [0.2, 0.25) is 5.95 Å². The molecule has 1 N–H and O–H groups in total. The van der Waals surface area contributed by atoms with Gasteiger partial charge in [0.05, 0.1) is 24.9 Å². The molecule has 8 nitrogen and oxygen atoms in total. The lowest BCUT2D eigenvalue weighted by atomic mass is 9.86. The first-order chi connectivity index (χ1) is 14.7. The Morgan fingerprint density at radius 3 is 2.71 bits per heavy atom. The van der Waals surface area contributed by atoms with E-state index >= 15 is 0 Å². The predicted octanol–water partition coefficient (Wildman–Crippen LogP) is 3.87. The van der Waals surface area contributed by atoms with Crippen molar-refractivity contribution < 1.29 is 23.5 Å².